The van der Waals surface area contributed by atoms with Crippen LogP contribution in [-0.4, -0.2) is 37.6 Å². The fraction of sp³-hybridized carbons (Fsp3) is 1.00. The first-order valence-corrected chi connectivity index (χ1v) is 7.02. The van der Waals surface area contributed by atoms with Crippen molar-refractivity contribution < 1.29 is 0 Å². The molecule has 0 aromatic rings. The van der Waals surface area contributed by atoms with Crippen LogP contribution >= 0.6 is 0 Å². The molecule has 1 rings (SSSR count). The second-order valence-electron chi connectivity index (χ2n) is 7.85. The van der Waals surface area contributed by atoms with Gasteiger partial charge in [-0.15, -0.1) is 0 Å². The van der Waals surface area contributed by atoms with Crippen LogP contribution in [0.25, 0.3) is 0 Å². The molecule has 0 aliphatic heterocycles. The van der Waals surface area contributed by atoms with Crippen LogP contribution in [0.2, 0.25) is 0 Å². The lowest BCUT2D eigenvalue weighted by Crippen LogP contribution is -2.54. The molecule has 0 aromatic heterocycles. The lowest BCUT2D eigenvalue weighted by atomic mass is 9.72. The molecule has 0 bridgehead atoms. The fourth-order valence-corrected chi connectivity index (χ4v) is 3.21. The van der Waals surface area contributed by atoms with Crippen LogP contribution in [0.1, 0.15) is 53.9 Å². The average molecular weight is 240 g/mol. The molecule has 2 heteroatoms. The minimum atomic E-state index is 0.384. The van der Waals surface area contributed by atoms with Crippen LogP contribution in [-0.2, 0) is 0 Å². The third-order valence-corrected chi connectivity index (χ3v) is 4.02. The van der Waals surface area contributed by atoms with Crippen molar-refractivity contribution in [3.63, 3.8) is 0 Å². The molecule has 1 aliphatic rings. The summed E-state index contributed by atoms with van der Waals surface area (Å²) >= 11 is 0. The molecule has 0 saturated heterocycles. The van der Waals surface area contributed by atoms with Gasteiger partial charge in [0.25, 0.3) is 0 Å². The van der Waals surface area contributed by atoms with Crippen molar-refractivity contribution in [1.82, 2.24) is 10.2 Å². The maximum absolute atomic E-state index is 3.52. The molecule has 2 unspecified atom stereocenters. The zero-order valence-electron chi connectivity index (χ0n) is 12.9. The summed E-state index contributed by atoms with van der Waals surface area (Å²) in [4.78, 5) is 2.57. The second kappa shape index (κ2) is 5.27. The van der Waals surface area contributed by atoms with E-state index in [-0.39, 0.29) is 0 Å². The summed E-state index contributed by atoms with van der Waals surface area (Å²) in [6, 6.07) is 1.35. The fourth-order valence-electron chi connectivity index (χ4n) is 3.21. The molecule has 1 saturated carbocycles. The van der Waals surface area contributed by atoms with E-state index in [9.17, 15) is 0 Å². The van der Waals surface area contributed by atoms with Crippen LogP contribution < -0.4 is 5.32 Å². The molecule has 102 valence electrons. The highest BCUT2D eigenvalue weighted by Crippen LogP contribution is 2.37. The van der Waals surface area contributed by atoms with Crippen molar-refractivity contribution in [1.29, 1.82) is 0 Å². The minimum absolute atomic E-state index is 0.384. The highest BCUT2D eigenvalue weighted by Gasteiger charge is 2.36. The topological polar surface area (TPSA) is 15.3 Å². The van der Waals surface area contributed by atoms with Gasteiger partial charge < -0.3 is 10.2 Å². The van der Waals surface area contributed by atoms with E-state index in [0.717, 1.165) is 0 Å². The third kappa shape index (κ3) is 4.59. The van der Waals surface area contributed by atoms with E-state index in [2.05, 4.69) is 58.9 Å². The number of rotatable bonds is 3. The molecular weight excluding hydrogens is 208 g/mol. The maximum atomic E-state index is 3.52. The van der Waals surface area contributed by atoms with Gasteiger partial charge >= 0.3 is 0 Å². The molecule has 0 spiro atoms. The van der Waals surface area contributed by atoms with Crippen molar-refractivity contribution in [2.75, 3.05) is 20.6 Å². The normalized spacial score (nSPS) is 29.6. The van der Waals surface area contributed by atoms with Crippen molar-refractivity contribution >= 4 is 0 Å². The Morgan fingerprint density at radius 3 is 2.35 bits per heavy atom. The Balaban J connectivity index is 2.69. The maximum Gasteiger partial charge on any atom is 0.0251 e. The van der Waals surface area contributed by atoms with Gasteiger partial charge in [-0.2, -0.15) is 0 Å². The number of hydrogen-bond acceptors (Lipinski definition) is 2. The van der Waals surface area contributed by atoms with Crippen LogP contribution in [0.4, 0.5) is 0 Å². The molecule has 2 atom stereocenters. The lowest BCUT2D eigenvalue weighted by Gasteiger charge is -2.46. The quantitative estimate of drug-likeness (QED) is 0.815. The Hall–Kier alpha value is -0.0800. The van der Waals surface area contributed by atoms with Gasteiger partial charge in [0.05, 0.1) is 0 Å². The summed E-state index contributed by atoms with van der Waals surface area (Å²) < 4.78 is 0. The summed E-state index contributed by atoms with van der Waals surface area (Å²) in [5, 5.41) is 3.52. The third-order valence-electron chi connectivity index (χ3n) is 4.02. The molecule has 1 fully saturated rings. The molecule has 0 amide bonds. The molecule has 0 heterocycles. The van der Waals surface area contributed by atoms with E-state index < -0.39 is 0 Å². The highest BCUT2D eigenvalue weighted by molar-refractivity contribution is 4.93. The predicted molar refractivity (Wildman–Crippen MR) is 76.4 cm³/mol. The summed E-state index contributed by atoms with van der Waals surface area (Å²) in [5.74, 6) is 0. The van der Waals surface area contributed by atoms with E-state index in [1.54, 1.807) is 0 Å². The standard InChI is InChI=1S/C15H32N2/c1-14(2,3)11-17(7)13-10-15(4,5)9-8-12(13)16-6/h12-13,16H,8-11H2,1-7H3. The zero-order valence-corrected chi connectivity index (χ0v) is 12.9. The van der Waals surface area contributed by atoms with Gasteiger partial charge in [-0.3, -0.25) is 0 Å². The average Bonchev–Trinajstić information content (AvgIpc) is 2.13. The van der Waals surface area contributed by atoms with Crippen molar-refractivity contribution in [3.05, 3.63) is 0 Å². The Morgan fingerprint density at radius 2 is 1.88 bits per heavy atom. The van der Waals surface area contributed by atoms with E-state index in [4.69, 9.17) is 0 Å². The van der Waals surface area contributed by atoms with Gasteiger partial charge in [-0.1, -0.05) is 34.6 Å². The van der Waals surface area contributed by atoms with Crippen molar-refractivity contribution in [2.24, 2.45) is 10.8 Å². The number of nitrogens with zero attached hydrogens (tertiary/aromatic N) is 1. The van der Waals surface area contributed by atoms with Gasteiger partial charge in [0.1, 0.15) is 0 Å². The Bertz CT molecular complexity index is 240. The van der Waals surface area contributed by atoms with Gasteiger partial charge in [0.2, 0.25) is 0 Å². The summed E-state index contributed by atoms with van der Waals surface area (Å²) in [6.45, 7) is 13.0. The highest BCUT2D eigenvalue weighted by atomic mass is 15.2. The molecule has 1 aliphatic carbocycles. The van der Waals surface area contributed by atoms with Crippen LogP contribution in [0.5, 0.6) is 0 Å². The van der Waals surface area contributed by atoms with Crippen molar-refractivity contribution in [3.8, 4) is 0 Å². The Kier molecular flexibility index (Phi) is 4.65. The van der Waals surface area contributed by atoms with E-state index in [0.29, 0.717) is 22.9 Å². The van der Waals surface area contributed by atoms with Crippen LogP contribution in [0.3, 0.4) is 0 Å². The van der Waals surface area contributed by atoms with Crippen LogP contribution in [0, 0.1) is 10.8 Å². The van der Waals surface area contributed by atoms with E-state index >= 15 is 0 Å². The lowest BCUT2D eigenvalue weighted by molar-refractivity contribution is 0.0642. The first-order chi connectivity index (χ1) is 7.64. The van der Waals surface area contributed by atoms with Gasteiger partial charge in [0.15, 0.2) is 0 Å². The summed E-state index contributed by atoms with van der Waals surface area (Å²) in [5.41, 5.74) is 0.888. The SMILES string of the molecule is CNC1CCC(C)(C)CC1N(C)CC(C)(C)C. The summed E-state index contributed by atoms with van der Waals surface area (Å²) in [7, 11) is 4.41. The molecule has 2 nitrogen and oxygen atoms in total. The number of hydrogen-bond donors (Lipinski definition) is 1. The van der Waals surface area contributed by atoms with E-state index in [1.165, 1.54) is 25.8 Å². The summed E-state index contributed by atoms with van der Waals surface area (Å²) in [6.07, 6.45) is 3.96. The van der Waals surface area contributed by atoms with E-state index in [1.807, 2.05) is 0 Å². The first kappa shape index (κ1) is 15.0. The molecule has 0 aromatic carbocycles. The minimum Gasteiger partial charge on any atom is -0.315 e. The second-order valence-corrected chi connectivity index (χ2v) is 7.85. The number of nitrogens with one attached hydrogen (secondary N) is 1. The Morgan fingerprint density at radius 1 is 1.29 bits per heavy atom. The van der Waals surface area contributed by atoms with Gasteiger partial charge in [0, 0.05) is 18.6 Å². The smallest absolute Gasteiger partial charge is 0.0251 e. The molecule has 0 radical (unpaired) electrons. The predicted octanol–water partition coefficient (Wildman–Crippen LogP) is 3.13. The molecular formula is C15H32N2. The van der Waals surface area contributed by atoms with Crippen LogP contribution in [0.15, 0.2) is 0 Å². The largest absolute Gasteiger partial charge is 0.315 e. The first-order valence-electron chi connectivity index (χ1n) is 7.02. The van der Waals surface area contributed by atoms with Crippen molar-refractivity contribution in [2.45, 2.75) is 66.0 Å². The number of likely N-dealkylation sites (N-methyl/N-ethyl adjacent to an activating group) is 2. The monoisotopic (exact) mass is 240 g/mol. The zero-order chi connectivity index (χ0) is 13.3. The Labute approximate surface area is 108 Å². The molecule has 17 heavy (non-hydrogen) atoms. The van der Waals surface area contributed by atoms with Gasteiger partial charge in [-0.25, -0.2) is 0 Å². The van der Waals surface area contributed by atoms with Gasteiger partial charge in [-0.05, 0) is 44.2 Å². The molecule has 1 N–H and O–H groups in total.